The number of carbonyl (C=O) groups is 1. The molecule has 0 aliphatic heterocycles. The first-order valence-corrected chi connectivity index (χ1v) is 6.04. The number of halogens is 2. The maximum Gasteiger partial charge on any atom is 0.252 e. The largest absolute Gasteiger partial charge is 0.456 e. The first-order valence-electron chi connectivity index (χ1n) is 5.29. The van der Waals surface area contributed by atoms with Crippen LogP contribution in [-0.4, -0.2) is 5.91 Å². The normalized spacial score (nSPS) is 10.2. The van der Waals surface area contributed by atoms with Crippen molar-refractivity contribution in [3.05, 3.63) is 52.0 Å². The molecule has 0 unspecified atom stereocenters. The second kappa shape index (κ2) is 5.38. The molecule has 0 aliphatic carbocycles. The highest BCUT2D eigenvalue weighted by Gasteiger charge is 2.11. The van der Waals surface area contributed by atoms with E-state index in [0.717, 1.165) is 0 Å². The van der Waals surface area contributed by atoms with Gasteiger partial charge in [0, 0.05) is 21.8 Å². The van der Waals surface area contributed by atoms with E-state index in [1.165, 1.54) is 12.1 Å². The molecule has 0 radical (unpaired) electrons. The highest BCUT2D eigenvalue weighted by Crippen LogP contribution is 2.31. The molecule has 1 amide bonds. The van der Waals surface area contributed by atoms with Crippen LogP contribution in [0.25, 0.3) is 0 Å². The number of nitrogens with two attached hydrogens (primary N) is 2. The number of ether oxygens (including phenoxy) is 1. The van der Waals surface area contributed by atoms with Gasteiger partial charge >= 0.3 is 0 Å². The van der Waals surface area contributed by atoms with Crippen molar-refractivity contribution in [1.29, 1.82) is 0 Å². The van der Waals surface area contributed by atoms with E-state index in [1.807, 2.05) is 0 Å². The summed E-state index contributed by atoms with van der Waals surface area (Å²) in [6.45, 7) is 0. The molecule has 0 bridgehead atoms. The van der Waals surface area contributed by atoms with E-state index in [9.17, 15) is 4.79 Å². The van der Waals surface area contributed by atoms with Crippen molar-refractivity contribution in [2.24, 2.45) is 5.73 Å². The predicted octanol–water partition coefficient (Wildman–Crippen LogP) is 3.47. The Morgan fingerprint density at radius 1 is 1.05 bits per heavy atom. The summed E-state index contributed by atoms with van der Waals surface area (Å²) in [6, 6.07) is 9.29. The summed E-state index contributed by atoms with van der Waals surface area (Å²) in [5.41, 5.74) is 11.6. The SMILES string of the molecule is NC(=O)c1ccc(N)cc1Oc1cc(Cl)cc(Cl)c1. The molecule has 19 heavy (non-hydrogen) atoms. The summed E-state index contributed by atoms with van der Waals surface area (Å²) in [4.78, 5) is 11.3. The van der Waals surface area contributed by atoms with Crippen molar-refractivity contribution >= 4 is 34.8 Å². The van der Waals surface area contributed by atoms with Crippen molar-refractivity contribution < 1.29 is 9.53 Å². The summed E-state index contributed by atoms with van der Waals surface area (Å²) < 4.78 is 5.56. The minimum Gasteiger partial charge on any atom is -0.456 e. The van der Waals surface area contributed by atoms with Gasteiger partial charge in [0.15, 0.2) is 0 Å². The number of nitrogen functional groups attached to an aromatic ring is 1. The Bertz CT molecular complexity index is 624. The van der Waals surface area contributed by atoms with Gasteiger partial charge < -0.3 is 16.2 Å². The summed E-state index contributed by atoms with van der Waals surface area (Å²) in [7, 11) is 0. The lowest BCUT2D eigenvalue weighted by Gasteiger charge is -2.10. The van der Waals surface area contributed by atoms with Crippen LogP contribution in [0.3, 0.4) is 0 Å². The fraction of sp³-hybridized carbons (Fsp3) is 0. The molecule has 0 spiro atoms. The van der Waals surface area contributed by atoms with E-state index < -0.39 is 5.91 Å². The van der Waals surface area contributed by atoms with Crippen molar-refractivity contribution in [3.8, 4) is 11.5 Å². The Kier molecular flexibility index (Phi) is 3.83. The number of primary amides is 1. The molecule has 0 heterocycles. The Morgan fingerprint density at radius 2 is 1.68 bits per heavy atom. The van der Waals surface area contributed by atoms with Crippen LogP contribution in [-0.2, 0) is 0 Å². The summed E-state index contributed by atoms with van der Waals surface area (Å²) in [5.74, 6) is 0.0413. The van der Waals surface area contributed by atoms with Gasteiger partial charge in [-0.2, -0.15) is 0 Å². The molecule has 2 rings (SSSR count). The van der Waals surface area contributed by atoms with Gasteiger partial charge in [-0.3, -0.25) is 4.79 Å². The number of carbonyl (C=O) groups excluding carboxylic acids is 1. The minimum absolute atomic E-state index is 0.227. The molecule has 6 heteroatoms. The van der Waals surface area contributed by atoms with Crippen molar-refractivity contribution in [1.82, 2.24) is 0 Å². The van der Waals surface area contributed by atoms with Crippen LogP contribution in [0.1, 0.15) is 10.4 Å². The van der Waals surface area contributed by atoms with Gasteiger partial charge in [-0.25, -0.2) is 0 Å². The topological polar surface area (TPSA) is 78.3 Å². The third-order valence-corrected chi connectivity index (χ3v) is 2.77. The van der Waals surface area contributed by atoms with Gasteiger partial charge in [-0.15, -0.1) is 0 Å². The standard InChI is InChI=1S/C13H10Cl2N2O2/c14-7-3-8(15)5-10(4-7)19-12-6-9(16)1-2-11(12)13(17)18/h1-6H,16H2,(H2,17,18). The number of benzene rings is 2. The average Bonchev–Trinajstić information content (AvgIpc) is 2.26. The van der Waals surface area contributed by atoms with Gasteiger partial charge in [0.05, 0.1) is 5.56 Å². The summed E-state index contributed by atoms with van der Waals surface area (Å²) >= 11 is 11.7. The third kappa shape index (κ3) is 3.30. The second-order valence-corrected chi connectivity index (χ2v) is 4.70. The van der Waals surface area contributed by atoms with E-state index in [0.29, 0.717) is 21.5 Å². The lowest BCUT2D eigenvalue weighted by atomic mass is 10.1. The first-order chi connectivity index (χ1) is 8.95. The average molecular weight is 297 g/mol. The molecule has 0 saturated heterocycles. The molecule has 4 nitrogen and oxygen atoms in total. The molecule has 98 valence electrons. The van der Waals surface area contributed by atoms with Gasteiger partial charge in [-0.05, 0) is 30.3 Å². The van der Waals surface area contributed by atoms with E-state index in [4.69, 9.17) is 39.4 Å². The first kappa shape index (κ1) is 13.5. The van der Waals surface area contributed by atoms with Crippen molar-refractivity contribution in [2.75, 3.05) is 5.73 Å². The number of hydrogen-bond donors (Lipinski definition) is 2. The smallest absolute Gasteiger partial charge is 0.252 e. The van der Waals surface area contributed by atoms with Gasteiger partial charge in [0.25, 0.3) is 5.91 Å². The van der Waals surface area contributed by atoms with E-state index >= 15 is 0 Å². The van der Waals surface area contributed by atoms with Crippen LogP contribution in [0.5, 0.6) is 11.5 Å². The fourth-order valence-electron chi connectivity index (χ4n) is 1.54. The Hall–Kier alpha value is -1.91. The molecule has 2 aromatic carbocycles. The molecule has 0 atom stereocenters. The highest BCUT2D eigenvalue weighted by molar-refractivity contribution is 6.34. The zero-order valence-electron chi connectivity index (χ0n) is 9.69. The maximum atomic E-state index is 11.3. The van der Waals surface area contributed by atoms with Gasteiger partial charge in [0.2, 0.25) is 0 Å². The molecule has 0 aliphatic rings. The zero-order valence-corrected chi connectivity index (χ0v) is 11.2. The van der Waals surface area contributed by atoms with Crippen LogP contribution in [0.15, 0.2) is 36.4 Å². The van der Waals surface area contributed by atoms with Crippen molar-refractivity contribution in [2.45, 2.75) is 0 Å². The Morgan fingerprint density at radius 3 is 2.26 bits per heavy atom. The maximum absolute atomic E-state index is 11.3. The molecular weight excluding hydrogens is 287 g/mol. The quantitative estimate of drug-likeness (QED) is 0.851. The number of amides is 1. The lowest BCUT2D eigenvalue weighted by molar-refractivity contribution is 0.0998. The molecule has 2 aromatic rings. The predicted molar refractivity (Wildman–Crippen MR) is 75.9 cm³/mol. The Balaban J connectivity index is 2.42. The monoisotopic (exact) mass is 296 g/mol. The van der Waals surface area contributed by atoms with E-state index in [-0.39, 0.29) is 11.3 Å². The molecule has 0 saturated carbocycles. The minimum atomic E-state index is -0.608. The fourth-order valence-corrected chi connectivity index (χ4v) is 2.05. The molecule has 0 fully saturated rings. The molecule has 0 aromatic heterocycles. The van der Waals surface area contributed by atoms with Gasteiger partial charge in [0.1, 0.15) is 11.5 Å². The van der Waals surface area contributed by atoms with Crippen LogP contribution in [0.2, 0.25) is 10.0 Å². The van der Waals surface area contributed by atoms with E-state index in [1.54, 1.807) is 24.3 Å². The number of anilines is 1. The van der Waals surface area contributed by atoms with Gasteiger partial charge in [-0.1, -0.05) is 23.2 Å². The highest BCUT2D eigenvalue weighted by atomic mass is 35.5. The lowest BCUT2D eigenvalue weighted by Crippen LogP contribution is -2.12. The summed E-state index contributed by atoms with van der Waals surface area (Å²) in [5, 5.41) is 0.846. The van der Waals surface area contributed by atoms with Crippen LogP contribution >= 0.6 is 23.2 Å². The van der Waals surface area contributed by atoms with Crippen LogP contribution in [0.4, 0.5) is 5.69 Å². The molecular formula is C13H10Cl2N2O2. The second-order valence-electron chi connectivity index (χ2n) is 3.83. The number of hydrogen-bond acceptors (Lipinski definition) is 3. The Labute approximate surface area is 119 Å². The van der Waals surface area contributed by atoms with Crippen molar-refractivity contribution in [3.63, 3.8) is 0 Å². The van der Waals surface area contributed by atoms with Crippen LogP contribution in [0, 0.1) is 0 Å². The molecule has 4 N–H and O–H groups in total. The third-order valence-electron chi connectivity index (χ3n) is 2.34. The van der Waals surface area contributed by atoms with Crippen LogP contribution < -0.4 is 16.2 Å². The number of rotatable bonds is 3. The van der Waals surface area contributed by atoms with E-state index in [2.05, 4.69) is 0 Å². The zero-order chi connectivity index (χ0) is 14.0. The summed E-state index contributed by atoms with van der Waals surface area (Å²) in [6.07, 6.45) is 0.